The van der Waals surface area contributed by atoms with Crippen LogP contribution >= 0.6 is 0 Å². The van der Waals surface area contributed by atoms with Crippen LogP contribution in [-0.2, 0) is 12.7 Å². The zero-order valence-electron chi connectivity index (χ0n) is 16.8. The van der Waals surface area contributed by atoms with Gasteiger partial charge in [0.1, 0.15) is 5.82 Å². The maximum absolute atomic E-state index is 13.0. The van der Waals surface area contributed by atoms with E-state index in [-0.39, 0.29) is 11.7 Å². The molecule has 3 heterocycles. The van der Waals surface area contributed by atoms with Gasteiger partial charge in [-0.25, -0.2) is 4.79 Å². The summed E-state index contributed by atoms with van der Waals surface area (Å²) in [5, 5.41) is 4.40. The molecule has 0 unspecified atom stereocenters. The lowest BCUT2D eigenvalue weighted by Gasteiger charge is -2.37. The number of nitrogens with zero attached hydrogens (tertiary/aromatic N) is 4. The number of hydrogen-bond donors (Lipinski definition) is 1. The highest BCUT2D eigenvalue weighted by Crippen LogP contribution is 2.32. The minimum absolute atomic E-state index is 0.0837. The van der Waals surface area contributed by atoms with Crippen LogP contribution in [0.1, 0.15) is 5.56 Å². The maximum atomic E-state index is 13.0. The van der Waals surface area contributed by atoms with E-state index < -0.39 is 11.7 Å². The first-order chi connectivity index (χ1) is 14.9. The highest BCUT2D eigenvalue weighted by atomic mass is 19.4. The molecule has 5 rings (SSSR count). The van der Waals surface area contributed by atoms with E-state index in [0.717, 1.165) is 36.9 Å². The summed E-state index contributed by atoms with van der Waals surface area (Å²) in [6.45, 7) is 4.12. The van der Waals surface area contributed by atoms with Crippen molar-refractivity contribution in [1.29, 1.82) is 0 Å². The van der Waals surface area contributed by atoms with Gasteiger partial charge in [-0.05, 0) is 30.3 Å². The minimum Gasteiger partial charge on any atom is -0.369 e. The SMILES string of the molecule is O=c1nc2ccccc2c2n1C[C@@H](CN1CCN(c3cccc(C(F)(F)F)c3)CC1)N2. The molecule has 1 atom stereocenters. The number of para-hydroxylation sites is 1. The second-order valence-electron chi connectivity index (χ2n) is 8.05. The summed E-state index contributed by atoms with van der Waals surface area (Å²) in [5.41, 5.74) is 0.413. The van der Waals surface area contributed by atoms with Crippen LogP contribution in [0.15, 0.2) is 53.3 Å². The summed E-state index contributed by atoms with van der Waals surface area (Å²) in [7, 11) is 0. The van der Waals surface area contributed by atoms with Crippen LogP contribution in [0, 0.1) is 0 Å². The summed E-state index contributed by atoms with van der Waals surface area (Å²) in [5.74, 6) is 0.809. The van der Waals surface area contributed by atoms with E-state index in [9.17, 15) is 18.0 Å². The number of anilines is 2. The van der Waals surface area contributed by atoms with Gasteiger partial charge in [0.15, 0.2) is 0 Å². The summed E-state index contributed by atoms with van der Waals surface area (Å²) in [6.07, 6.45) is -4.34. The van der Waals surface area contributed by atoms with Gasteiger partial charge in [-0.15, -0.1) is 0 Å². The van der Waals surface area contributed by atoms with Crippen molar-refractivity contribution in [2.75, 3.05) is 42.9 Å². The van der Waals surface area contributed by atoms with Crippen LogP contribution in [-0.4, -0.2) is 53.2 Å². The highest BCUT2D eigenvalue weighted by Gasteiger charge is 2.31. The summed E-state index contributed by atoms with van der Waals surface area (Å²) >= 11 is 0. The number of piperazine rings is 1. The zero-order chi connectivity index (χ0) is 21.6. The van der Waals surface area contributed by atoms with Gasteiger partial charge in [-0.3, -0.25) is 9.47 Å². The van der Waals surface area contributed by atoms with E-state index in [1.165, 1.54) is 12.1 Å². The van der Waals surface area contributed by atoms with Crippen molar-refractivity contribution in [3.63, 3.8) is 0 Å². The van der Waals surface area contributed by atoms with Crippen LogP contribution < -0.4 is 15.9 Å². The standard InChI is InChI=1S/C22H22F3N5O/c23-22(24,25)15-4-3-5-17(12-15)29-10-8-28(9-11-29)13-16-14-30-20(26-16)18-6-1-2-7-19(18)27-21(30)31/h1-7,12,16,26H,8-11,13-14H2/t16-/m1/s1. The number of fused-ring (bicyclic) bond motifs is 3. The lowest BCUT2D eigenvalue weighted by molar-refractivity contribution is -0.137. The number of hydrogen-bond acceptors (Lipinski definition) is 5. The molecule has 0 amide bonds. The van der Waals surface area contributed by atoms with Crippen molar-refractivity contribution < 1.29 is 13.2 Å². The van der Waals surface area contributed by atoms with Gasteiger partial charge in [0.25, 0.3) is 0 Å². The van der Waals surface area contributed by atoms with Gasteiger partial charge in [0.05, 0.1) is 23.7 Å². The Morgan fingerprint density at radius 3 is 2.58 bits per heavy atom. The smallest absolute Gasteiger partial charge is 0.369 e. The first-order valence-electron chi connectivity index (χ1n) is 10.3. The molecule has 31 heavy (non-hydrogen) atoms. The van der Waals surface area contributed by atoms with E-state index in [2.05, 4.69) is 15.2 Å². The van der Waals surface area contributed by atoms with Gasteiger partial charge >= 0.3 is 11.9 Å². The lowest BCUT2D eigenvalue weighted by Crippen LogP contribution is -2.49. The van der Waals surface area contributed by atoms with Gasteiger partial charge in [-0.2, -0.15) is 18.2 Å². The summed E-state index contributed by atoms with van der Waals surface area (Å²) < 4.78 is 40.7. The highest BCUT2D eigenvalue weighted by molar-refractivity contribution is 5.89. The normalized spacial score (nSPS) is 19.5. The van der Waals surface area contributed by atoms with Crippen molar-refractivity contribution in [2.24, 2.45) is 0 Å². The number of halogens is 3. The molecule has 2 aliphatic heterocycles. The van der Waals surface area contributed by atoms with Crippen molar-refractivity contribution in [1.82, 2.24) is 14.5 Å². The molecule has 2 aliphatic rings. The predicted octanol–water partition coefficient (Wildman–Crippen LogP) is 3.03. The van der Waals surface area contributed by atoms with Crippen molar-refractivity contribution in [3.05, 3.63) is 64.6 Å². The van der Waals surface area contributed by atoms with Crippen LogP contribution in [0.25, 0.3) is 10.9 Å². The van der Waals surface area contributed by atoms with Gasteiger partial charge in [-0.1, -0.05) is 18.2 Å². The molecular weight excluding hydrogens is 407 g/mol. The van der Waals surface area contributed by atoms with E-state index in [0.29, 0.717) is 30.8 Å². The Labute approximate surface area is 176 Å². The zero-order valence-corrected chi connectivity index (χ0v) is 16.8. The topological polar surface area (TPSA) is 53.4 Å². The van der Waals surface area contributed by atoms with Crippen molar-refractivity contribution in [2.45, 2.75) is 18.8 Å². The molecule has 2 aromatic carbocycles. The predicted molar refractivity (Wildman–Crippen MR) is 114 cm³/mol. The van der Waals surface area contributed by atoms with E-state index >= 15 is 0 Å². The van der Waals surface area contributed by atoms with Crippen LogP contribution in [0.5, 0.6) is 0 Å². The molecule has 0 spiro atoms. The third-order valence-corrected chi connectivity index (χ3v) is 6.01. The molecule has 0 aliphatic carbocycles. The molecule has 0 radical (unpaired) electrons. The summed E-state index contributed by atoms with van der Waals surface area (Å²) in [6, 6.07) is 13.2. The average molecular weight is 429 g/mol. The molecule has 162 valence electrons. The monoisotopic (exact) mass is 429 g/mol. The van der Waals surface area contributed by atoms with Crippen LogP contribution in [0.2, 0.25) is 0 Å². The van der Waals surface area contributed by atoms with E-state index in [1.807, 2.05) is 29.2 Å². The molecule has 0 bridgehead atoms. The first kappa shape index (κ1) is 19.9. The molecule has 6 nitrogen and oxygen atoms in total. The Bertz CT molecular complexity index is 1170. The molecule has 9 heteroatoms. The van der Waals surface area contributed by atoms with E-state index in [1.54, 1.807) is 10.6 Å². The van der Waals surface area contributed by atoms with Crippen LogP contribution in [0.4, 0.5) is 24.7 Å². The molecule has 0 saturated carbocycles. The number of rotatable bonds is 3. The lowest BCUT2D eigenvalue weighted by atomic mass is 10.1. The molecule has 1 saturated heterocycles. The Kier molecular flexibility index (Phi) is 4.85. The van der Waals surface area contributed by atoms with Gasteiger partial charge < -0.3 is 10.2 Å². The Morgan fingerprint density at radius 1 is 1.03 bits per heavy atom. The average Bonchev–Trinajstić information content (AvgIpc) is 3.19. The van der Waals surface area contributed by atoms with Crippen LogP contribution in [0.3, 0.4) is 0 Å². The van der Waals surface area contributed by atoms with Gasteiger partial charge in [0, 0.05) is 43.8 Å². The fourth-order valence-corrected chi connectivity index (χ4v) is 4.44. The molecule has 3 aromatic rings. The molecule has 1 fully saturated rings. The largest absolute Gasteiger partial charge is 0.416 e. The second-order valence-corrected chi connectivity index (χ2v) is 8.05. The molecule has 1 aromatic heterocycles. The van der Waals surface area contributed by atoms with Gasteiger partial charge in [0.2, 0.25) is 0 Å². The number of nitrogens with one attached hydrogen (secondary N) is 1. The molecular formula is C22H22F3N5O. The third-order valence-electron chi connectivity index (χ3n) is 6.01. The number of alkyl halides is 3. The number of aromatic nitrogens is 2. The summed E-state index contributed by atoms with van der Waals surface area (Å²) in [4.78, 5) is 20.8. The third kappa shape index (κ3) is 3.85. The number of benzene rings is 2. The Morgan fingerprint density at radius 2 is 1.81 bits per heavy atom. The fourth-order valence-electron chi connectivity index (χ4n) is 4.44. The van der Waals surface area contributed by atoms with Crippen molar-refractivity contribution in [3.8, 4) is 0 Å². The fraction of sp³-hybridized carbons (Fsp3) is 0.364. The minimum atomic E-state index is -4.34. The quantitative estimate of drug-likeness (QED) is 0.694. The van der Waals surface area contributed by atoms with Crippen molar-refractivity contribution >= 4 is 22.4 Å². The first-order valence-corrected chi connectivity index (χ1v) is 10.3. The maximum Gasteiger partial charge on any atom is 0.416 e. The molecule has 1 N–H and O–H groups in total. The van der Waals surface area contributed by atoms with E-state index in [4.69, 9.17) is 0 Å². The Balaban J connectivity index is 1.23. The second kappa shape index (κ2) is 7.56. The Hall–Kier alpha value is -3.07.